The number of aryl methyl sites for hydroxylation is 1. The van der Waals surface area contributed by atoms with Gasteiger partial charge in [0.1, 0.15) is 0 Å². The maximum absolute atomic E-state index is 4.43. The SMILES string of the molecule is CNC1c2ccccc2CCC1Cc1nccs1. The predicted molar refractivity (Wildman–Crippen MR) is 75.9 cm³/mol. The van der Waals surface area contributed by atoms with Crippen LogP contribution >= 0.6 is 11.3 Å². The van der Waals surface area contributed by atoms with Gasteiger partial charge in [0.05, 0.1) is 5.01 Å². The topological polar surface area (TPSA) is 24.9 Å². The average molecular weight is 258 g/mol. The van der Waals surface area contributed by atoms with E-state index in [1.165, 1.54) is 29.0 Å². The van der Waals surface area contributed by atoms with Gasteiger partial charge in [-0.05, 0) is 36.9 Å². The number of rotatable bonds is 3. The van der Waals surface area contributed by atoms with Crippen LogP contribution in [0.3, 0.4) is 0 Å². The van der Waals surface area contributed by atoms with Crippen molar-refractivity contribution in [1.29, 1.82) is 0 Å². The lowest BCUT2D eigenvalue weighted by Gasteiger charge is -2.33. The van der Waals surface area contributed by atoms with Gasteiger partial charge in [-0.3, -0.25) is 0 Å². The lowest BCUT2D eigenvalue weighted by Crippen LogP contribution is -2.31. The third-order valence-corrected chi connectivity index (χ3v) is 4.68. The number of thiazole rings is 1. The van der Waals surface area contributed by atoms with E-state index >= 15 is 0 Å². The number of hydrogen-bond donors (Lipinski definition) is 1. The molecule has 3 rings (SSSR count). The lowest BCUT2D eigenvalue weighted by atomic mass is 9.78. The van der Waals surface area contributed by atoms with Gasteiger partial charge in [0, 0.05) is 24.0 Å². The van der Waals surface area contributed by atoms with E-state index in [2.05, 4.69) is 47.0 Å². The highest BCUT2D eigenvalue weighted by Crippen LogP contribution is 2.36. The average Bonchev–Trinajstić information content (AvgIpc) is 2.91. The van der Waals surface area contributed by atoms with Gasteiger partial charge >= 0.3 is 0 Å². The van der Waals surface area contributed by atoms with Crippen molar-refractivity contribution in [3.05, 3.63) is 52.0 Å². The molecule has 0 amide bonds. The molecule has 2 aromatic rings. The molecule has 94 valence electrons. The first-order valence-corrected chi connectivity index (χ1v) is 7.40. The summed E-state index contributed by atoms with van der Waals surface area (Å²) in [7, 11) is 2.07. The number of nitrogens with zero attached hydrogens (tertiary/aromatic N) is 1. The second-order valence-electron chi connectivity index (χ2n) is 4.89. The van der Waals surface area contributed by atoms with Gasteiger partial charge in [0.2, 0.25) is 0 Å². The molecule has 1 aliphatic rings. The van der Waals surface area contributed by atoms with Crippen LogP contribution in [0.2, 0.25) is 0 Å². The fourth-order valence-electron chi connectivity index (χ4n) is 3.02. The molecule has 1 N–H and O–H groups in total. The number of benzene rings is 1. The molecule has 0 spiro atoms. The highest BCUT2D eigenvalue weighted by Gasteiger charge is 2.28. The molecule has 0 radical (unpaired) electrons. The van der Waals surface area contributed by atoms with Crippen LogP contribution in [-0.4, -0.2) is 12.0 Å². The monoisotopic (exact) mass is 258 g/mol. The van der Waals surface area contributed by atoms with Crippen molar-refractivity contribution in [2.45, 2.75) is 25.3 Å². The van der Waals surface area contributed by atoms with Gasteiger partial charge in [0.25, 0.3) is 0 Å². The molecule has 2 nitrogen and oxygen atoms in total. The summed E-state index contributed by atoms with van der Waals surface area (Å²) in [5.74, 6) is 0.663. The Hall–Kier alpha value is -1.19. The van der Waals surface area contributed by atoms with Crippen molar-refractivity contribution in [2.24, 2.45) is 5.92 Å². The van der Waals surface area contributed by atoms with E-state index in [1.807, 2.05) is 6.20 Å². The third kappa shape index (κ3) is 2.20. The predicted octanol–water partition coefficient (Wildman–Crippen LogP) is 3.21. The Morgan fingerprint density at radius 3 is 3.06 bits per heavy atom. The largest absolute Gasteiger partial charge is 0.313 e. The summed E-state index contributed by atoms with van der Waals surface area (Å²) in [4.78, 5) is 4.43. The first-order chi connectivity index (χ1) is 8.88. The van der Waals surface area contributed by atoms with E-state index in [4.69, 9.17) is 0 Å². The highest BCUT2D eigenvalue weighted by atomic mass is 32.1. The second kappa shape index (κ2) is 5.21. The molecule has 1 aromatic carbocycles. The zero-order chi connectivity index (χ0) is 12.4. The summed E-state index contributed by atoms with van der Waals surface area (Å²) in [5, 5.41) is 6.83. The molecular weight excluding hydrogens is 240 g/mol. The third-order valence-electron chi connectivity index (χ3n) is 3.88. The van der Waals surface area contributed by atoms with Gasteiger partial charge in [-0.15, -0.1) is 11.3 Å². The minimum atomic E-state index is 0.471. The standard InChI is InChI=1S/C15H18N2S/c1-16-15-12(10-14-17-8-9-18-14)7-6-11-4-2-3-5-13(11)15/h2-5,8-9,12,15-16H,6-7,10H2,1H3. The Morgan fingerprint density at radius 2 is 2.28 bits per heavy atom. The van der Waals surface area contributed by atoms with Crippen LogP contribution in [0.1, 0.15) is 28.6 Å². The smallest absolute Gasteiger partial charge is 0.0928 e. The molecule has 1 heterocycles. The van der Waals surface area contributed by atoms with Gasteiger partial charge in [0.15, 0.2) is 0 Å². The Kier molecular flexibility index (Phi) is 3.43. The minimum Gasteiger partial charge on any atom is -0.313 e. The summed E-state index contributed by atoms with van der Waals surface area (Å²) >= 11 is 1.77. The van der Waals surface area contributed by atoms with Gasteiger partial charge < -0.3 is 5.32 Å². The molecule has 2 unspecified atom stereocenters. The Balaban J connectivity index is 1.85. The van der Waals surface area contributed by atoms with Crippen LogP contribution in [0.15, 0.2) is 35.8 Å². The second-order valence-corrected chi connectivity index (χ2v) is 5.87. The zero-order valence-corrected chi connectivity index (χ0v) is 11.4. The van der Waals surface area contributed by atoms with Crippen LogP contribution in [0.5, 0.6) is 0 Å². The highest BCUT2D eigenvalue weighted by molar-refractivity contribution is 7.09. The summed E-state index contributed by atoms with van der Waals surface area (Å²) in [6, 6.07) is 9.30. The molecular formula is C15H18N2S. The molecule has 0 bridgehead atoms. The van der Waals surface area contributed by atoms with Crippen molar-refractivity contribution in [3.63, 3.8) is 0 Å². The number of nitrogens with one attached hydrogen (secondary N) is 1. The summed E-state index contributed by atoms with van der Waals surface area (Å²) in [6.45, 7) is 0. The molecule has 3 heteroatoms. The Morgan fingerprint density at radius 1 is 1.39 bits per heavy atom. The fourth-order valence-corrected chi connectivity index (χ4v) is 3.73. The summed E-state index contributed by atoms with van der Waals surface area (Å²) in [5.41, 5.74) is 2.99. The van der Waals surface area contributed by atoms with Crippen molar-refractivity contribution in [3.8, 4) is 0 Å². The molecule has 18 heavy (non-hydrogen) atoms. The van der Waals surface area contributed by atoms with E-state index in [-0.39, 0.29) is 0 Å². The van der Waals surface area contributed by atoms with Crippen LogP contribution in [0, 0.1) is 5.92 Å². The molecule has 1 aliphatic carbocycles. The summed E-state index contributed by atoms with van der Waals surface area (Å²) < 4.78 is 0. The number of hydrogen-bond acceptors (Lipinski definition) is 3. The minimum absolute atomic E-state index is 0.471. The number of fused-ring (bicyclic) bond motifs is 1. The molecule has 0 saturated heterocycles. The van der Waals surface area contributed by atoms with E-state index in [0.717, 1.165) is 6.42 Å². The van der Waals surface area contributed by atoms with Crippen molar-refractivity contribution in [1.82, 2.24) is 10.3 Å². The normalized spacial score (nSPS) is 22.7. The zero-order valence-electron chi connectivity index (χ0n) is 10.6. The quantitative estimate of drug-likeness (QED) is 0.914. The van der Waals surface area contributed by atoms with Crippen LogP contribution in [-0.2, 0) is 12.8 Å². The lowest BCUT2D eigenvalue weighted by molar-refractivity contribution is 0.334. The van der Waals surface area contributed by atoms with Crippen LogP contribution < -0.4 is 5.32 Å². The van der Waals surface area contributed by atoms with Crippen molar-refractivity contribution < 1.29 is 0 Å². The first-order valence-electron chi connectivity index (χ1n) is 6.52. The molecule has 1 aromatic heterocycles. The molecule has 2 atom stereocenters. The van der Waals surface area contributed by atoms with Crippen LogP contribution in [0.4, 0.5) is 0 Å². The first kappa shape index (κ1) is 11.9. The molecule has 0 aliphatic heterocycles. The Labute approximate surface area is 112 Å². The number of aromatic nitrogens is 1. The van der Waals surface area contributed by atoms with Crippen LogP contribution in [0.25, 0.3) is 0 Å². The van der Waals surface area contributed by atoms with Gasteiger partial charge in [-0.2, -0.15) is 0 Å². The maximum Gasteiger partial charge on any atom is 0.0928 e. The maximum atomic E-state index is 4.43. The van der Waals surface area contributed by atoms with Crippen molar-refractivity contribution >= 4 is 11.3 Å². The Bertz CT molecular complexity index is 507. The van der Waals surface area contributed by atoms with E-state index in [1.54, 1.807) is 11.3 Å². The molecule has 0 saturated carbocycles. The van der Waals surface area contributed by atoms with Crippen molar-refractivity contribution in [2.75, 3.05) is 7.05 Å². The van der Waals surface area contributed by atoms with E-state index < -0.39 is 0 Å². The van der Waals surface area contributed by atoms with Gasteiger partial charge in [-0.25, -0.2) is 4.98 Å². The van der Waals surface area contributed by atoms with E-state index in [9.17, 15) is 0 Å². The molecule has 0 fully saturated rings. The van der Waals surface area contributed by atoms with E-state index in [0.29, 0.717) is 12.0 Å². The summed E-state index contributed by atoms with van der Waals surface area (Å²) in [6.07, 6.45) is 5.45. The fraction of sp³-hybridized carbons (Fsp3) is 0.400. The van der Waals surface area contributed by atoms with Gasteiger partial charge in [-0.1, -0.05) is 24.3 Å².